The molecule has 0 unspecified atom stereocenters. The summed E-state index contributed by atoms with van der Waals surface area (Å²) in [5.74, 6) is 0.878. The zero-order valence-corrected chi connectivity index (χ0v) is 14.4. The summed E-state index contributed by atoms with van der Waals surface area (Å²) in [6.07, 6.45) is 1.65. The molecule has 0 bridgehead atoms. The molecule has 0 fully saturated rings. The minimum Gasteiger partial charge on any atom is -0.360 e. The third-order valence-electron chi connectivity index (χ3n) is 3.42. The van der Waals surface area contributed by atoms with Gasteiger partial charge in [0, 0.05) is 6.07 Å². The van der Waals surface area contributed by atoms with E-state index in [9.17, 15) is 4.79 Å². The zero-order valence-electron chi connectivity index (χ0n) is 13.6. The lowest BCUT2D eigenvalue weighted by molar-refractivity contribution is -0.115. The number of aromatic nitrogens is 4. The maximum Gasteiger partial charge on any atom is 0.238 e. The van der Waals surface area contributed by atoms with Gasteiger partial charge in [-0.15, -0.1) is 10.2 Å². The van der Waals surface area contributed by atoms with Crippen molar-refractivity contribution < 1.29 is 9.32 Å². The maximum atomic E-state index is 12.3. The Labute approximate surface area is 143 Å². The second-order valence-electron chi connectivity index (χ2n) is 5.34. The number of para-hydroxylation sites is 1. The molecule has 0 spiro atoms. The minimum absolute atomic E-state index is 0.173. The molecule has 124 valence electrons. The van der Waals surface area contributed by atoms with E-state index in [0.717, 1.165) is 11.3 Å². The van der Waals surface area contributed by atoms with E-state index >= 15 is 0 Å². The fourth-order valence-electron chi connectivity index (χ4n) is 2.17. The Bertz CT molecular complexity index is 858. The molecule has 2 heterocycles. The first-order chi connectivity index (χ1) is 11.5. The molecular formula is C16H17N5O2S. The third-order valence-corrected chi connectivity index (χ3v) is 4.48. The van der Waals surface area contributed by atoms with Gasteiger partial charge >= 0.3 is 0 Å². The Kier molecular flexibility index (Phi) is 4.66. The number of thioether (sulfide) groups is 1. The van der Waals surface area contributed by atoms with Gasteiger partial charge in [0.05, 0.1) is 10.9 Å². The van der Waals surface area contributed by atoms with Crippen molar-refractivity contribution in [1.82, 2.24) is 19.9 Å². The number of nitrogens with one attached hydrogen (secondary N) is 1. The molecule has 0 saturated heterocycles. The van der Waals surface area contributed by atoms with E-state index in [1.807, 2.05) is 42.7 Å². The first-order valence-electron chi connectivity index (χ1n) is 7.41. The summed E-state index contributed by atoms with van der Waals surface area (Å²) in [4.78, 5) is 12.3. The van der Waals surface area contributed by atoms with Gasteiger partial charge in [0.25, 0.3) is 0 Å². The lowest BCUT2D eigenvalue weighted by Gasteiger charge is -2.12. The van der Waals surface area contributed by atoms with Gasteiger partial charge in [-0.2, -0.15) is 0 Å². The summed E-state index contributed by atoms with van der Waals surface area (Å²) < 4.78 is 6.82. The summed E-state index contributed by atoms with van der Waals surface area (Å²) >= 11 is 1.33. The average molecular weight is 343 g/mol. The summed E-state index contributed by atoms with van der Waals surface area (Å²) in [6.45, 7) is 5.60. The Morgan fingerprint density at radius 2 is 2.12 bits per heavy atom. The SMILES string of the molecule is Cc1cc(NC(=O)[C@H](C)Sc2nncn2-c2ccccc2C)no1. The quantitative estimate of drug-likeness (QED) is 0.717. The lowest BCUT2D eigenvalue weighted by atomic mass is 10.2. The Hall–Kier alpha value is -2.61. The monoisotopic (exact) mass is 343 g/mol. The van der Waals surface area contributed by atoms with Gasteiger partial charge in [-0.05, 0) is 32.4 Å². The number of amides is 1. The molecule has 3 rings (SSSR count). The number of rotatable bonds is 5. The molecule has 0 radical (unpaired) electrons. The Morgan fingerprint density at radius 3 is 2.83 bits per heavy atom. The van der Waals surface area contributed by atoms with E-state index in [1.165, 1.54) is 11.8 Å². The molecule has 2 aromatic heterocycles. The summed E-state index contributed by atoms with van der Waals surface area (Å²) in [6, 6.07) is 9.62. The zero-order chi connectivity index (χ0) is 17.1. The van der Waals surface area contributed by atoms with Crippen molar-refractivity contribution in [2.45, 2.75) is 31.2 Å². The van der Waals surface area contributed by atoms with Crippen LogP contribution in [0.3, 0.4) is 0 Å². The van der Waals surface area contributed by atoms with E-state index < -0.39 is 0 Å². The van der Waals surface area contributed by atoms with E-state index in [0.29, 0.717) is 16.7 Å². The van der Waals surface area contributed by atoms with Crippen molar-refractivity contribution in [3.63, 3.8) is 0 Å². The normalized spacial score (nSPS) is 12.1. The van der Waals surface area contributed by atoms with E-state index in [4.69, 9.17) is 4.52 Å². The van der Waals surface area contributed by atoms with Crippen LogP contribution in [0.25, 0.3) is 5.69 Å². The fraction of sp³-hybridized carbons (Fsp3) is 0.250. The Balaban J connectivity index is 1.73. The summed E-state index contributed by atoms with van der Waals surface area (Å²) in [5.41, 5.74) is 2.10. The average Bonchev–Trinajstić information content (AvgIpc) is 3.17. The lowest BCUT2D eigenvalue weighted by Crippen LogP contribution is -2.23. The maximum absolute atomic E-state index is 12.3. The topological polar surface area (TPSA) is 85.8 Å². The molecule has 1 atom stereocenters. The van der Waals surface area contributed by atoms with Crippen LogP contribution in [0.5, 0.6) is 0 Å². The molecular weight excluding hydrogens is 326 g/mol. The highest BCUT2D eigenvalue weighted by Gasteiger charge is 2.20. The number of nitrogens with zero attached hydrogens (tertiary/aromatic N) is 4. The predicted molar refractivity (Wildman–Crippen MR) is 91.3 cm³/mol. The predicted octanol–water partition coefficient (Wildman–Crippen LogP) is 2.99. The smallest absolute Gasteiger partial charge is 0.238 e. The largest absolute Gasteiger partial charge is 0.360 e. The number of hydrogen-bond acceptors (Lipinski definition) is 6. The molecule has 0 aliphatic rings. The van der Waals surface area contributed by atoms with Gasteiger partial charge in [-0.1, -0.05) is 35.1 Å². The van der Waals surface area contributed by atoms with Gasteiger partial charge in [0.1, 0.15) is 12.1 Å². The number of hydrogen-bond donors (Lipinski definition) is 1. The first-order valence-corrected chi connectivity index (χ1v) is 8.29. The van der Waals surface area contributed by atoms with Crippen LogP contribution in [0.4, 0.5) is 5.82 Å². The van der Waals surface area contributed by atoms with Crippen LogP contribution < -0.4 is 5.32 Å². The Morgan fingerprint density at radius 1 is 1.33 bits per heavy atom. The molecule has 8 heteroatoms. The van der Waals surface area contributed by atoms with E-state index in [-0.39, 0.29) is 11.2 Å². The molecule has 24 heavy (non-hydrogen) atoms. The van der Waals surface area contributed by atoms with Crippen LogP contribution in [-0.4, -0.2) is 31.1 Å². The van der Waals surface area contributed by atoms with Gasteiger partial charge < -0.3 is 9.84 Å². The number of carbonyl (C=O) groups is 1. The fourth-order valence-corrected chi connectivity index (χ4v) is 3.00. The van der Waals surface area contributed by atoms with Gasteiger partial charge in [-0.25, -0.2) is 0 Å². The van der Waals surface area contributed by atoms with Crippen LogP contribution in [-0.2, 0) is 4.79 Å². The van der Waals surface area contributed by atoms with Crippen LogP contribution in [0, 0.1) is 13.8 Å². The van der Waals surface area contributed by atoms with Gasteiger partial charge in [-0.3, -0.25) is 9.36 Å². The van der Waals surface area contributed by atoms with Crippen LogP contribution in [0.15, 0.2) is 46.3 Å². The highest BCUT2D eigenvalue weighted by molar-refractivity contribution is 8.00. The van der Waals surface area contributed by atoms with Crippen molar-refractivity contribution >= 4 is 23.5 Å². The van der Waals surface area contributed by atoms with Crippen molar-refractivity contribution in [3.8, 4) is 5.69 Å². The molecule has 1 aromatic carbocycles. The highest BCUT2D eigenvalue weighted by Crippen LogP contribution is 2.25. The number of carbonyl (C=O) groups excluding carboxylic acids is 1. The van der Waals surface area contributed by atoms with Gasteiger partial charge in [0.15, 0.2) is 11.0 Å². The van der Waals surface area contributed by atoms with E-state index in [2.05, 4.69) is 20.7 Å². The van der Waals surface area contributed by atoms with Crippen LogP contribution >= 0.6 is 11.8 Å². The summed E-state index contributed by atoms with van der Waals surface area (Å²) in [5, 5.41) is 14.9. The number of aryl methyl sites for hydroxylation is 2. The standard InChI is InChI=1S/C16H17N5O2S/c1-10-6-4-5-7-13(10)21-9-17-19-16(21)24-12(3)15(22)18-14-8-11(2)23-20-14/h4-9,12H,1-3H3,(H,18,20,22)/t12-/m0/s1. The molecule has 0 saturated carbocycles. The van der Waals surface area contributed by atoms with Crippen molar-refractivity contribution in [1.29, 1.82) is 0 Å². The second-order valence-corrected chi connectivity index (χ2v) is 6.65. The number of anilines is 1. The molecule has 1 amide bonds. The van der Waals surface area contributed by atoms with Crippen LogP contribution in [0.1, 0.15) is 18.2 Å². The van der Waals surface area contributed by atoms with Gasteiger partial charge in [0.2, 0.25) is 5.91 Å². The molecule has 1 N–H and O–H groups in total. The minimum atomic E-state index is -0.367. The van der Waals surface area contributed by atoms with Crippen molar-refractivity contribution in [2.75, 3.05) is 5.32 Å². The number of benzene rings is 1. The highest BCUT2D eigenvalue weighted by atomic mass is 32.2. The van der Waals surface area contributed by atoms with Crippen LogP contribution in [0.2, 0.25) is 0 Å². The molecule has 0 aliphatic carbocycles. The van der Waals surface area contributed by atoms with E-state index in [1.54, 1.807) is 19.3 Å². The molecule has 7 nitrogen and oxygen atoms in total. The van der Waals surface area contributed by atoms with Crippen molar-refractivity contribution in [3.05, 3.63) is 48.0 Å². The first kappa shape index (κ1) is 16.3. The molecule has 0 aliphatic heterocycles. The third kappa shape index (κ3) is 3.48. The second kappa shape index (κ2) is 6.88. The summed E-state index contributed by atoms with van der Waals surface area (Å²) in [7, 11) is 0. The molecule has 3 aromatic rings. The van der Waals surface area contributed by atoms with Crippen molar-refractivity contribution in [2.24, 2.45) is 0 Å².